The summed E-state index contributed by atoms with van der Waals surface area (Å²) in [5.74, 6) is -0.501. The minimum Gasteiger partial charge on any atom is -0.354 e. The first kappa shape index (κ1) is 18.3. The molecular formula is C19H23FN4O2. The van der Waals surface area contributed by atoms with Gasteiger partial charge in [0.15, 0.2) is 0 Å². The van der Waals surface area contributed by atoms with Crippen LogP contribution in [0.1, 0.15) is 36.4 Å². The average molecular weight is 358 g/mol. The van der Waals surface area contributed by atoms with Gasteiger partial charge in [-0.3, -0.25) is 14.5 Å². The van der Waals surface area contributed by atoms with Gasteiger partial charge in [-0.1, -0.05) is 18.6 Å². The Morgan fingerprint density at radius 3 is 2.65 bits per heavy atom. The number of H-pyrrole nitrogens is 1. The van der Waals surface area contributed by atoms with E-state index in [1.165, 1.54) is 31.1 Å². The summed E-state index contributed by atoms with van der Waals surface area (Å²) in [6, 6.07) is 6.43. The number of hydrogen-bond acceptors (Lipinski definition) is 4. The van der Waals surface area contributed by atoms with Crippen molar-refractivity contribution in [3.8, 4) is 0 Å². The number of carbonyl (C=O) groups excluding carboxylic acids is 1. The lowest BCUT2D eigenvalue weighted by Gasteiger charge is -2.35. The van der Waals surface area contributed by atoms with Crippen LogP contribution in [0.3, 0.4) is 0 Å². The van der Waals surface area contributed by atoms with Crippen molar-refractivity contribution in [1.82, 2.24) is 20.2 Å². The number of carbonyl (C=O) groups is 1. The fraction of sp³-hybridized carbons (Fsp3) is 0.421. The number of likely N-dealkylation sites (tertiary alicyclic amines) is 1. The minimum atomic E-state index is -0.304. The van der Waals surface area contributed by atoms with E-state index < -0.39 is 0 Å². The summed E-state index contributed by atoms with van der Waals surface area (Å²) in [7, 11) is 0. The molecule has 1 aliphatic rings. The van der Waals surface area contributed by atoms with Gasteiger partial charge < -0.3 is 10.3 Å². The van der Waals surface area contributed by atoms with Gasteiger partial charge in [-0.15, -0.1) is 0 Å². The summed E-state index contributed by atoms with van der Waals surface area (Å²) in [4.78, 5) is 32.6. The first-order valence-electron chi connectivity index (χ1n) is 8.91. The number of halogens is 1. The number of amides is 1. The zero-order valence-corrected chi connectivity index (χ0v) is 14.6. The molecule has 1 amide bonds. The maximum atomic E-state index is 13.3. The van der Waals surface area contributed by atoms with E-state index >= 15 is 0 Å². The molecule has 0 spiro atoms. The van der Waals surface area contributed by atoms with E-state index in [9.17, 15) is 14.0 Å². The van der Waals surface area contributed by atoms with Crippen LogP contribution in [0.15, 0.2) is 41.6 Å². The summed E-state index contributed by atoms with van der Waals surface area (Å²) in [5.41, 5.74) is 1.01. The molecule has 0 unspecified atom stereocenters. The highest BCUT2D eigenvalue weighted by molar-refractivity contribution is 5.78. The second kappa shape index (κ2) is 8.71. The molecule has 1 saturated heterocycles. The zero-order valence-electron chi connectivity index (χ0n) is 14.6. The van der Waals surface area contributed by atoms with E-state index in [1.54, 1.807) is 12.1 Å². The Balaban J connectivity index is 1.67. The molecule has 2 heterocycles. The maximum absolute atomic E-state index is 13.3. The van der Waals surface area contributed by atoms with Gasteiger partial charge in [0.2, 0.25) is 5.91 Å². The van der Waals surface area contributed by atoms with E-state index in [2.05, 4.69) is 20.2 Å². The lowest BCUT2D eigenvalue weighted by atomic mass is 10.0. The SMILES string of the molecule is O=C(Cc1cnc[nH]c1=O)NC[C@H](c1ccc(F)cc1)N1CCCCC1. The van der Waals surface area contributed by atoms with Crippen molar-refractivity contribution in [1.29, 1.82) is 0 Å². The van der Waals surface area contributed by atoms with E-state index in [0.29, 0.717) is 12.1 Å². The summed E-state index contributed by atoms with van der Waals surface area (Å²) in [5, 5.41) is 2.91. The summed E-state index contributed by atoms with van der Waals surface area (Å²) >= 11 is 0. The van der Waals surface area contributed by atoms with Gasteiger partial charge in [-0.25, -0.2) is 9.37 Å². The van der Waals surface area contributed by atoms with Gasteiger partial charge in [0.1, 0.15) is 5.82 Å². The van der Waals surface area contributed by atoms with Crippen LogP contribution < -0.4 is 10.9 Å². The zero-order chi connectivity index (χ0) is 18.4. The Morgan fingerprint density at radius 2 is 1.96 bits per heavy atom. The Bertz CT molecular complexity index is 785. The molecule has 0 bridgehead atoms. The largest absolute Gasteiger partial charge is 0.354 e. The number of piperidine rings is 1. The summed E-state index contributed by atoms with van der Waals surface area (Å²) < 4.78 is 13.3. The molecule has 1 aliphatic heterocycles. The number of aromatic amines is 1. The lowest BCUT2D eigenvalue weighted by Crippen LogP contribution is -2.41. The van der Waals surface area contributed by atoms with Crippen molar-refractivity contribution < 1.29 is 9.18 Å². The fourth-order valence-corrected chi connectivity index (χ4v) is 3.32. The monoisotopic (exact) mass is 358 g/mol. The molecule has 2 aromatic rings. The second-order valence-electron chi connectivity index (χ2n) is 6.55. The van der Waals surface area contributed by atoms with Crippen LogP contribution >= 0.6 is 0 Å². The molecule has 3 rings (SSSR count). The first-order valence-corrected chi connectivity index (χ1v) is 8.91. The standard InChI is InChI=1S/C19H23FN4O2/c20-16-6-4-14(5-7-16)17(24-8-2-1-3-9-24)12-22-18(25)10-15-11-21-13-23-19(15)26/h4-7,11,13,17H,1-3,8-10,12H2,(H,22,25)(H,21,23,26)/t17-/m1/s1. The number of aromatic nitrogens is 2. The van der Waals surface area contributed by atoms with E-state index in [0.717, 1.165) is 31.5 Å². The van der Waals surface area contributed by atoms with Crippen LogP contribution in [0.25, 0.3) is 0 Å². The van der Waals surface area contributed by atoms with Crippen molar-refractivity contribution >= 4 is 5.91 Å². The third-order valence-corrected chi connectivity index (χ3v) is 4.72. The quantitative estimate of drug-likeness (QED) is 0.825. The van der Waals surface area contributed by atoms with E-state index in [-0.39, 0.29) is 29.7 Å². The predicted octanol–water partition coefficient (Wildman–Crippen LogP) is 1.79. The normalized spacial score (nSPS) is 16.2. The lowest BCUT2D eigenvalue weighted by molar-refractivity contribution is -0.120. The molecule has 7 heteroatoms. The highest BCUT2D eigenvalue weighted by Crippen LogP contribution is 2.24. The third kappa shape index (κ3) is 4.76. The van der Waals surface area contributed by atoms with Crippen molar-refractivity contribution in [2.24, 2.45) is 0 Å². The van der Waals surface area contributed by atoms with Gasteiger partial charge >= 0.3 is 0 Å². The summed E-state index contributed by atoms with van der Waals surface area (Å²) in [6.45, 7) is 2.34. The van der Waals surface area contributed by atoms with Gasteiger partial charge in [0.25, 0.3) is 5.56 Å². The molecular weight excluding hydrogens is 335 g/mol. The minimum absolute atomic E-state index is 0.00738. The van der Waals surface area contributed by atoms with Crippen LogP contribution in [-0.2, 0) is 11.2 Å². The Hall–Kier alpha value is -2.54. The second-order valence-corrected chi connectivity index (χ2v) is 6.55. The molecule has 2 N–H and O–H groups in total. The first-order chi connectivity index (χ1) is 12.6. The fourth-order valence-electron chi connectivity index (χ4n) is 3.32. The van der Waals surface area contributed by atoms with Crippen LogP contribution in [0, 0.1) is 5.82 Å². The smallest absolute Gasteiger partial charge is 0.254 e. The Morgan fingerprint density at radius 1 is 1.23 bits per heavy atom. The number of nitrogens with one attached hydrogen (secondary N) is 2. The van der Waals surface area contributed by atoms with E-state index in [1.807, 2.05) is 0 Å². The molecule has 1 aromatic heterocycles. The molecule has 6 nitrogen and oxygen atoms in total. The Kier molecular flexibility index (Phi) is 6.12. The number of hydrogen-bond donors (Lipinski definition) is 2. The molecule has 1 fully saturated rings. The molecule has 0 aliphatic carbocycles. The van der Waals surface area contributed by atoms with Crippen molar-refractivity contribution in [2.75, 3.05) is 19.6 Å². The topological polar surface area (TPSA) is 78.1 Å². The van der Waals surface area contributed by atoms with Crippen molar-refractivity contribution in [3.05, 3.63) is 64.1 Å². The number of rotatable bonds is 6. The molecule has 0 radical (unpaired) electrons. The molecule has 1 atom stereocenters. The van der Waals surface area contributed by atoms with Crippen LogP contribution in [0.2, 0.25) is 0 Å². The van der Waals surface area contributed by atoms with Crippen molar-refractivity contribution in [3.63, 3.8) is 0 Å². The van der Waals surface area contributed by atoms with Gasteiger partial charge in [-0.2, -0.15) is 0 Å². The van der Waals surface area contributed by atoms with Gasteiger partial charge in [-0.05, 0) is 43.6 Å². The highest BCUT2D eigenvalue weighted by Gasteiger charge is 2.23. The maximum Gasteiger partial charge on any atom is 0.254 e. The predicted molar refractivity (Wildman–Crippen MR) is 96.1 cm³/mol. The highest BCUT2D eigenvalue weighted by atomic mass is 19.1. The third-order valence-electron chi connectivity index (χ3n) is 4.72. The van der Waals surface area contributed by atoms with Gasteiger partial charge in [0, 0.05) is 18.3 Å². The van der Waals surface area contributed by atoms with Crippen LogP contribution in [0.5, 0.6) is 0 Å². The van der Waals surface area contributed by atoms with Crippen LogP contribution in [-0.4, -0.2) is 40.4 Å². The Labute approximate surface area is 151 Å². The molecule has 1 aromatic carbocycles. The number of nitrogens with zero attached hydrogens (tertiary/aromatic N) is 2. The molecule has 138 valence electrons. The number of benzene rings is 1. The van der Waals surface area contributed by atoms with E-state index in [4.69, 9.17) is 0 Å². The summed E-state index contributed by atoms with van der Waals surface area (Å²) in [6.07, 6.45) is 6.14. The molecule has 26 heavy (non-hydrogen) atoms. The van der Waals surface area contributed by atoms with Crippen molar-refractivity contribution in [2.45, 2.75) is 31.7 Å². The molecule has 0 saturated carbocycles. The average Bonchev–Trinajstić information content (AvgIpc) is 2.66. The van der Waals surface area contributed by atoms with Gasteiger partial charge in [0.05, 0.1) is 18.8 Å². The van der Waals surface area contributed by atoms with Crippen LogP contribution in [0.4, 0.5) is 4.39 Å².